The largest absolute Gasteiger partial charge is 0.257 e. The summed E-state index contributed by atoms with van der Waals surface area (Å²) in [5.74, 6) is 0. The second kappa shape index (κ2) is 5.46. The Bertz CT molecular complexity index is 639. The molecular formula is C19H20ClN. The lowest BCUT2D eigenvalue weighted by atomic mass is 9.82. The fourth-order valence-corrected chi connectivity index (χ4v) is 4.00. The Balaban J connectivity index is 1.96. The van der Waals surface area contributed by atoms with Gasteiger partial charge in [-0.05, 0) is 85.8 Å². The second-order valence-corrected chi connectivity index (χ2v) is 6.69. The average Bonchev–Trinajstić information content (AvgIpc) is 2.53. The Kier molecular flexibility index (Phi) is 3.46. The molecule has 1 nitrogen and oxygen atoms in total. The predicted octanol–water partition coefficient (Wildman–Crippen LogP) is 5.16. The SMILES string of the molecule is Clc1ccc(-c2c3c(nc4c2CCCC4)CCCC3)cc1. The minimum Gasteiger partial charge on any atom is -0.257 e. The van der Waals surface area contributed by atoms with E-state index in [0.29, 0.717) is 0 Å². The van der Waals surface area contributed by atoms with Gasteiger partial charge < -0.3 is 0 Å². The lowest BCUT2D eigenvalue weighted by molar-refractivity contribution is 0.629. The Morgan fingerprint density at radius 1 is 0.714 bits per heavy atom. The summed E-state index contributed by atoms with van der Waals surface area (Å²) in [5.41, 5.74) is 8.59. The van der Waals surface area contributed by atoms with E-state index in [1.165, 1.54) is 72.2 Å². The number of pyridine rings is 1. The highest BCUT2D eigenvalue weighted by Crippen LogP contribution is 2.38. The molecule has 1 aromatic heterocycles. The van der Waals surface area contributed by atoms with E-state index < -0.39 is 0 Å². The van der Waals surface area contributed by atoms with Crippen molar-refractivity contribution >= 4 is 11.6 Å². The maximum atomic E-state index is 6.07. The molecule has 2 aliphatic carbocycles. The van der Waals surface area contributed by atoms with Crippen LogP contribution in [0.2, 0.25) is 5.02 Å². The van der Waals surface area contributed by atoms with Gasteiger partial charge in [0.05, 0.1) is 0 Å². The summed E-state index contributed by atoms with van der Waals surface area (Å²) < 4.78 is 0. The van der Waals surface area contributed by atoms with Crippen molar-refractivity contribution in [2.75, 3.05) is 0 Å². The number of hydrogen-bond donors (Lipinski definition) is 0. The Morgan fingerprint density at radius 3 is 1.81 bits per heavy atom. The van der Waals surface area contributed by atoms with Crippen molar-refractivity contribution in [1.29, 1.82) is 0 Å². The van der Waals surface area contributed by atoms with E-state index in [1.54, 1.807) is 0 Å². The van der Waals surface area contributed by atoms with Gasteiger partial charge in [-0.3, -0.25) is 4.98 Å². The monoisotopic (exact) mass is 297 g/mol. The molecule has 108 valence electrons. The minimum absolute atomic E-state index is 0.815. The molecule has 0 N–H and O–H groups in total. The van der Waals surface area contributed by atoms with Gasteiger partial charge in [-0.25, -0.2) is 0 Å². The third kappa shape index (κ3) is 2.38. The summed E-state index contributed by atoms with van der Waals surface area (Å²) in [5, 5.41) is 0.815. The van der Waals surface area contributed by atoms with Crippen LogP contribution in [0.5, 0.6) is 0 Å². The van der Waals surface area contributed by atoms with Gasteiger partial charge in [0, 0.05) is 16.4 Å². The standard InChI is InChI=1S/C19H20ClN/c20-14-11-9-13(10-12-14)19-15-5-1-3-7-17(15)21-18-8-4-2-6-16(18)19/h9-12H,1-8H2. The van der Waals surface area contributed by atoms with Crippen LogP contribution in [-0.4, -0.2) is 4.98 Å². The molecule has 4 rings (SSSR count). The molecule has 0 saturated heterocycles. The van der Waals surface area contributed by atoms with E-state index in [1.807, 2.05) is 12.1 Å². The summed E-state index contributed by atoms with van der Waals surface area (Å²) in [4.78, 5) is 5.03. The van der Waals surface area contributed by atoms with Crippen LogP contribution < -0.4 is 0 Å². The molecule has 0 bridgehead atoms. The van der Waals surface area contributed by atoms with Crippen LogP contribution in [0.15, 0.2) is 24.3 Å². The highest BCUT2D eigenvalue weighted by atomic mass is 35.5. The quantitative estimate of drug-likeness (QED) is 0.708. The van der Waals surface area contributed by atoms with Crippen molar-refractivity contribution in [2.45, 2.75) is 51.4 Å². The fourth-order valence-electron chi connectivity index (χ4n) is 3.87. The van der Waals surface area contributed by atoms with Crippen LogP contribution >= 0.6 is 11.6 Å². The van der Waals surface area contributed by atoms with Gasteiger partial charge in [0.25, 0.3) is 0 Å². The van der Waals surface area contributed by atoms with Crippen molar-refractivity contribution in [3.8, 4) is 11.1 Å². The van der Waals surface area contributed by atoms with Gasteiger partial charge in [-0.1, -0.05) is 23.7 Å². The smallest absolute Gasteiger partial charge is 0.0445 e. The van der Waals surface area contributed by atoms with Crippen molar-refractivity contribution < 1.29 is 0 Å². The molecule has 2 heteroatoms. The van der Waals surface area contributed by atoms with Crippen LogP contribution in [0.1, 0.15) is 48.2 Å². The van der Waals surface area contributed by atoms with Gasteiger partial charge in [0.15, 0.2) is 0 Å². The summed E-state index contributed by atoms with van der Waals surface area (Å²) in [6.45, 7) is 0. The summed E-state index contributed by atoms with van der Waals surface area (Å²) in [6, 6.07) is 8.40. The minimum atomic E-state index is 0.815. The number of aromatic nitrogens is 1. The molecule has 0 unspecified atom stereocenters. The van der Waals surface area contributed by atoms with Crippen molar-refractivity contribution in [1.82, 2.24) is 4.98 Å². The van der Waals surface area contributed by atoms with Crippen LogP contribution in [0.4, 0.5) is 0 Å². The molecule has 0 spiro atoms. The first-order valence-corrected chi connectivity index (χ1v) is 8.50. The number of nitrogens with zero attached hydrogens (tertiary/aromatic N) is 1. The van der Waals surface area contributed by atoms with Gasteiger partial charge in [0.1, 0.15) is 0 Å². The molecule has 0 atom stereocenters. The molecule has 0 radical (unpaired) electrons. The number of halogens is 1. The van der Waals surface area contributed by atoms with E-state index in [0.717, 1.165) is 17.9 Å². The molecule has 1 heterocycles. The highest BCUT2D eigenvalue weighted by molar-refractivity contribution is 6.30. The van der Waals surface area contributed by atoms with E-state index in [-0.39, 0.29) is 0 Å². The van der Waals surface area contributed by atoms with Gasteiger partial charge >= 0.3 is 0 Å². The lowest BCUT2D eigenvalue weighted by Gasteiger charge is -2.26. The number of benzene rings is 1. The first kappa shape index (κ1) is 13.3. The second-order valence-electron chi connectivity index (χ2n) is 6.26. The van der Waals surface area contributed by atoms with Gasteiger partial charge in [-0.15, -0.1) is 0 Å². The van der Waals surface area contributed by atoms with Crippen LogP contribution in [-0.2, 0) is 25.7 Å². The fraction of sp³-hybridized carbons (Fsp3) is 0.421. The van der Waals surface area contributed by atoms with E-state index in [9.17, 15) is 0 Å². The Hall–Kier alpha value is -1.34. The van der Waals surface area contributed by atoms with Crippen molar-refractivity contribution in [3.63, 3.8) is 0 Å². The highest BCUT2D eigenvalue weighted by Gasteiger charge is 2.23. The van der Waals surface area contributed by atoms with E-state index in [4.69, 9.17) is 16.6 Å². The predicted molar refractivity (Wildman–Crippen MR) is 88.0 cm³/mol. The summed E-state index contributed by atoms with van der Waals surface area (Å²) in [7, 11) is 0. The molecule has 21 heavy (non-hydrogen) atoms. The van der Waals surface area contributed by atoms with E-state index >= 15 is 0 Å². The Labute approximate surface area is 131 Å². The maximum absolute atomic E-state index is 6.07. The van der Waals surface area contributed by atoms with Gasteiger partial charge in [-0.2, -0.15) is 0 Å². The first-order valence-electron chi connectivity index (χ1n) is 8.12. The van der Waals surface area contributed by atoms with Crippen LogP contribution in [0.25, 0.3) is 11.1 Å². The molecule has 0 aliphatic heterocycles. The number of rotatable bonds is 1. The van der Waals surface area contributed by atoms with Crippen molar-refractivity contribution in [3.05, 3.63) is 51.8 Å². The van der Waals surface area contributed by atoms with Crippen molar-refractivity contribution in [2.24, 2.45) is 0 Å². The zero-order chi connectivity index (χ0) is 14.2. The van der Waals surface area contributed by atoms with Crippen LogP contribution in [0, 0.1) is 0 Å². The molecule has 0 amide bonds. The molecule has 0 fully saturated rings. The molecule has 1 aromatic carbocycles. The molecule has 2 aliphatic rings. The number of aryl methyl sites for hydroxylation is 2. The third-order valence-corrected chi connectivity index (χ3v) is 5.14. The topological polar surface area (TPSA) is 12.9 Å². The number of hydrogen-bond acceptors (Lipinski definition) is 1. The maximum Gasteiger partial charge on any atom is 0.0445 e. The molecule has 0 saturated carbocycles. The zero-order valence-corrected chi connectivity index (χ0v) is 13.0. The zero-order valence-electron chi connectivity index (χ0n) is 12.3. The molecular weight excluding hydrogens is 278 g/mol. The third-order valence-electron chi connectivity index (χ3n) is 4.88. The average molecular weight is 298 g/mol. The molecule has 2 aromatic rings. The van der Waals surface area contributed by atoms with Gasteiger partial charge in [0.2, 0.25) is 0 Å². The first-order chi connectivity index (χ1) is 10.3. The number of fused-ring (bicyclic) bond motifs is 2. The summed E-state index contributed by atoms with van der Waals surface area (Å²) >= 11 is 6.07. The van der Waals surface area contributed by atoms with Crippen LogP contribution in [0.3, 0.4) is 0 Å². The lowest BCUT2D eigenvalue weighted by Crippen LogP contribution is -2.15. The Morgan fingerprint density at radius 2 is 1.24 bits per heavy atom. The van der Waals surface area contributed by atoms with E-state index in [2.05, 4.69) is 12.1 Å². The normalized spacial score (nSPS) is 17.2. The summed E-state index contributed by atoms with van der Waals surface area (Å²) in [6.07, 6.45) is 9.87.